The van der Waals surface area contributed by atoms with Gasteiger partial charge < -0.3 is 15.4 Å². The number of benzene rings is 1. The van der Waals surface area contributed by atoms with Crippen LogP contribution in [0.25, 0.3) is 0 Å². The number of amides is 1. The molecule has 2 N–H and O–H groups in total. The number of hydrogen-bond acceptors (Lipinski definition) is 3. The van der Waals surface area contributed by atoms with Crippen LogP contribution in [0.2, 0.25) is 0 Å². The third-order valence-corrected chi connectivity index (χ3v) is 3.38. The van der Waals surface area contributed by atoms with Crippen molar-refractivity contribution < 1.29 is 22.7 Å². The van der Waals surface area contributed by atoms with Gasteiger partial charge in [0.1, 0.15) is 5.75 Å². The minimum Gasteiger partial charge on any atom is -0.405 e. The van der Waals surface area contributed by atoms with E-state index >= 15 is 0 Å². The third-order valence-electron chi connectivity index (χ3n) is 3.38. The molecule has 138 valence electrons. The number of para-hydroxylation sites is 1. The highest BCUT2D eigenvalue weighted by Gasteiger charge is 2.32. The molecule has 8 heteroatoms. The largest absolute Gasteiger partial charge is 0.573 e. The van der Waals surface area contributed by atoms with Crippen molar-refractivity contribution in [3.8, 4) is 5.75 Å². The molecule has 0 aromatic heterocycles. The molecule has 1 aromatic carbocycles. The quantitative estimate of drug-likeness (QED) is 0.673. The van der Waals surface area contributed by atoms with Gasteiger partial charge in [0.15, 0.2) is 0 Å². The second-order valence-electron chi connectivity index (χ2n) is 5.36. The summed E-state index contributed by atoms with van der Waals surface area (Å²) in [6, 6.07) is 5.84. The number of halogens is 4. The summed E-state index contributed by atoms with van der Waals surface area (Å²) in [5.74, 6) is -0.373. The summed E-state index contributed by atoms with van der Waals surface area (Å²) in [6.07, 6.45) is -0.776. The van der Waals surface area contributed by atoms with Crippen LogP contribution in [-0.2, 0) is 11.3 Å². The summed E-state index contributed by atoms with van der Waals surface area (Å²) in [5.41, 5.74) is 5.72. The van der Waals surface area contributed by atoms with Crippen molar-refractivity contribution >= 4 is 18.3 Å². The Morgan fingerprint density at radius 3 is 2.42 bits per heavy atom. The lowest BCUT2D eigenvalue weighted by molar-refractivity contribution is -0.275. The van der Waals surface area contributed by atoms with Gasteiger partial charge in [0.25, 0.3) is 0 Å². The maximum atomic E-state index is 12.4. The third kappa shape index (κ3) is 8.98. The molecule has 0 saturated heterocycles. The molecule has 0 aliphatic heterocycles. The molecular weight excluding hydrogens is 345 g/mol. The Balaban J connectivity index is 0.00000529. The normalized spacial score (nSPS) is 10.9. The average molecular weight is 369 g/mol. The van der Waals surface area contributed by atoms with Gasteiger partial charge in [0, 0.05) is 25.6 Å². The van der Waals surface area contributed by atoms with Crippen molar-refractivity contribution in [3.05, 3.63) is 29.8 Å². The van der Waals surface area contributed by atoms with Crippen LogP contribution in [0.15, 0.2) is 24.3 Å². The van der Waals surface area contributed by atoms with Gasteiger partial charge in [0.05, 0.1) is 0 Å². The van der Waals surface area contributed by atoms with Gasteiger partial charge in [-0.15, -0.1) is 25.6 Å². The van der Waals surface area contributed by atoms with Crippen LogP contribution in [0.1, 0.15) is 37.7 Å². The van der Waals surface area contributed by atoms with Crippen LogP contribution in [0.4, 0.5) is 13.2 Å². The van der Waals surface area contributed by atoms with E-state index in [9.17, 15) is 18.0 Å². The maximum absolute atomic E-state index is 12.4. The molecule has 0 aliphatic carbocycles. The lowest BCUT2D eigenvalue weighted by atomic mass is 10.1. The van der Waals surface area contributed by atoms with Crippen LogP contribution in [0.3, 0.4) is 0 Å². The van der Waals surface area contributed by atoms with Crippen molar-refractivity contribution in [2.24, 2.45) is 5.73 Å². The SMILES string of the molecule is CN(Cc1ccccc1OC(F)(F)F)C(=O)CCCCCCN.Cl. The van der Waals surface area contributed by atoms with Gasteiger partial charge in [-0.3, -0.25) is 4.79 Å². The fraction of sp³-hybridized carbons (Fsp3) is 0.562. The predicted molar refractivity (Wildman–Crippen MR) is 89.0 cm³/mol. The predicted octanol–water partition coefficient (Wildman–Crippen LogP) is 3.87. The fourth-order valence-corrected chi connectivity index (χ4v) is 2.17. The first-order valence-electron chi connectivity index (χ1n) is 7.61. The average Bonchev–Trinajstić information content (AvgIpc) is 2.47. The van der Waals surface area contributed by atoms with Gasteiger partial charge >= 0.3 is 6.36 Å². The number of unbranched alkanes of at least 4 members (excludes halogenated alkanes) is 3. The lowest BCUT2D eigenvalue weighted by Crippen LogP contribution is -2.27. The summed E-state index contributed by atoms with van der Waals surface area (Å²) in [7, 11) is 1.58. The number of alkyl halides is 3. The van der Waals surface area contributed by atoms with E-state index in [0.717, 1.165) is 25.7 Å². The van der Waals surface area contributed by atoms with E-state index in [-0.39, 0.29) is 30.6 Å². The molecule has 0 spiro atoms. The van der Waals surface area contributed by atoms with Gasteiger partial charge in [-0.1, -0.05) is 31.0 Å². The summed E-state index contributed by atoms with van der Waals surface area (Å²) < 4.78 is 41.1. The van der Waals surface area contributed by atoms with Crippen LogP contribution in [0.5, 0.6) is 5.75 Å². The highest BCUT2D eigenvalue weighted by molar-refractivity contribution is 5.85. The maximum Gasteiger partial charge on any atom is 0.573 e. The van der Waals surface area contributed by atoms with Crippen molar-refractivity contribution in [1.82, 2.24) is 4.90 Å². The summed E-state index contributed by atoms with van der Waals surface area (Å²) >= 11 is 0. The lowest BCUT2D eigenvalue weighted by Gasteiger charge is -2.20. The molecule has 0 bridgehead atoms. The monoisotopic (exact) mass is 368 g/mol. The Labute approximate surface area is 146 Å². The summed E-state index contributed by atoms with van der Waals surface area (Å²) in [4.78, 5) is 13.4. The first kappa shape index (κ1) is 22.5. The zero-order chi connectivity index (χ0) is 17.3. The molecule has 0 unspecified atom stereocenters. The Morgan fingerprint density at radius 2 is 1.79 bits per heavy atom. The standard InChI is InChI=1S/C16H23F3N2O2.ClH/c1-21(15(22)10-4-2-3-7-11-20)12-13-8-5-6-9-14(13)23-16(17,18)19;/h5-6,8-9H,2-4,7,10-12,20H2,1H3;1H. The fourth-order valence-electron chi connectivity index (χ4n) is 2.17. The van der Waals surface area contributed by atoms with Gasteiger partial charge in [-0.2, -0.15) is 0 Å². The molecular formula is C16H24ClF3N2O2. The van der Waals surface area contributed by atoms with E-state index in [1.54, 1.807) is 13.1 Å². The first-order chi connectivity index (χ1) is 10.8. The second kappa shape index (κ2) is 11.1. The van der Waals surface area contributed by atoms with Crippen LogP contribution < -0.4 is 10.5 Å². The zero-order valence-electron chi connectivity index (χ0n) is 13.6. The van der Waals surface area contributed by atoms with Crippen LogP contribution in [-0.4, -0.2) is 30.8 Å². The number of carbonyl (C=O) groups excluding carboxylic acids is 1. The van der Waals surface area contributed by atoms with Gasteiger partial charge in [-0.05, 0) is 25.5 Å². The summed E-state index contributed by atoms with van der Waals surface area (Å²) in [5, 5.41) is 0. The Bertz CT molecular complexity index is 498. The highest BCUT2D eigenvalue weighted by atomic mass is 35.5. The Morgan fingerprint density at radius 1 is 1.17 bits per heavy atom. The van der Waals surface area contributed by atoms with E-state index in [0.29, 0.717) is 18.5 Å². The highest BCUT2D eigenvalue weighted by Crippen LogP contribution is 2.27. The molecule has 1 amide bonds. The topological polar surface area (TPSA) is 55.6 Å². The molecule has 0 heterocycles. The molecule has 1 rings (SSSR count). The van der Waals surface area contributed by atoms with Crippen LogP contribution in [0, 0.1) is 0 Å². The summed E-state index contributed by atoms with van der Waals surface area (Å²) in [6.45, 7) is 0.720. The molecule has 0 fully saturated rings. The smallest absolute Gasteiger partial charge is 0.405 e. The number of carbonyl (C=O) groups is 1. The minimum atomic E-state index is -4.75. The number of nitrogens with zero attached hydrogens (tertiary/aromatic N) is 1. The van der Waals surface area contributed by atoms with Crippen molar-refractivity contribution in [3.63, 3.8) is 0 Å². The number of nitrogens with two attached hydrogens (primary N) is 1. The van der Waals surface area contributed by atoms with Gasteiger partial charge in [-0.25, -0.2) is 0 Å². The molecule has 4 nitrogen and oxygen atoms in total. The molecule has 0 radical (unpaired) electrons. The molecule has 0 atom stereocenters. The number of ether oxygens (including phenoxy) is 1. The van der Waals surface area contributed by atoms with Crippen molar-refractivity contribution in [1.29, 1.82) is 0 Å². The van der Waals surface area contributed by atoms with Crippen LogP contribution >= 0.6 is 12.4 Å². The molecule has 0 aliphatic rings. The van der Waals surface area contributed by atoms with E-state index in [2.05, 4.69) is 4.74 Å². The minimum absolute atomic E-state index is 0. The Hall–Kier alpha value is -1.47. The van der Waals surface area contributed by atoms with E-state index in [1.807, 2.05) is 0 Å². The zero-order valence-corrected chi connectivity index (χ0v) is 14.5. The van der Waals surface area contributed by atoms with E-state index < -0.39 is 6.36 Å². The molecule has 24 heavy (non-hydrogen) atoms. The number of rotatable bonds is 9. The molecule has 0 saturated carbocycles. The second-order valence-corrected chi connectivity index (χ2v) is 5.36. The van der Waals surface area contributed by atoms with E-state index in [1.165, 1.54) is 23.1 Å². The first-order valence-corrected chi connectivity index (χ1v) is 7.61. The van der Waals surface area contributed by atoms with Gasteiger partial charge in [0.2, 0.25) is 5.91 Å². The van der Waals surface area contributed by atoms with Crippen molar-refractivity contribution in [2.75, 3.05) is 13.6 Å². The number of hydrogen-bond donors (Lipinski definition) is 1. The van der Waals surface area contributed by atoms with E-state index in [4.69, 9.17) is 5.73 Å². The molecule has 1 aromatic rings. The van der Waals surface area contributed by atoms with Crippen molar-refractivity contribution in [2.45, 2.75) is 45.0 Å². The Kier molecular flexibility index (Phi) is 10.5.